The van der Waals surface area contributed by atoms with Crippen LogP contribution in [-0.2, 0) is 20.8 Å². The molecule has 4 atom stereocenters. The summed E-state index contributed by atoms with van der Waals surface area (Å²) in [6, 6.07) is 0.981. The normalized spacial score (nSPS) is 25.4. The van der Waals surface area contributed by atoms with Gasteiger partial charge in [0.1, 0.15) is 22.8 Å². The average Bonchev–Trinajstić information content (AvgIpc) is 2.93. The molecule has 0 radical (unpaired) electrons. The molecule has 9 nitrogen and oxygen atoms in total. The number of carbonyl (C=O) groups is 3. The smallest absolute Gasteiger partial charge is 0.255 e. The maximum absolute atomic E-state index is 14.3. The number of aliphatic hydroxyl groups excluding tert-OH is 2. The molecule has 2 aromatic carbocycles. The highest BCUT2D eigenvalue weighted by molar-refractivity contribution is 6.24. The number of nitrogens with zero attached hydrogens (tertiary/aromatic N) is 1. The zero-order chi connectivity index (χ0) is 31.9. The molecule has 6 N–H and O–H groups in total. The van der Waals surface area contributed by atoms with Gasteiger partial charge in [0.25, 0.3) is 5.91 Å². The van der Waals surface area contributed by atoms with Gasteiger partial charge in [-0.1, -0.05) is 12.1 Å². The number of rotatable bonds is 4. The van der Waals surface area contributed by atoms with E-state index in [1.54, 1.807) is 0 Å². The fourth-order valence-corrected chi connectivity index (χ4v) is 6.37. The predicted molar refractivity (Wildman–Crippen MR) is 139 cm³/mol. The number of likely N-dealkylation sites (N-methyl/N-ethyl adjacent to an activating group) is 1. The average molecular weight is 606 g/mol. The quantitative estimate of drug-likeness (QED) is 0.117. The van der Waals surface area contributed by atoms with Gasteiger partial charge in [-0.25, -0.2) is 22.0 Å². The Kier molecular flexibility index (Phi) is 6.97. The van der Waals surface area contributed by atoms with Crippen LogP contribution in [0.15, 0.2) is 29.0 Å². The summed E-state index contributed by atoms with van der Waals surface area (Å²) in [5.41, 5.74) is -0.337. The number of halogens is 5. The number of Topliss-reactive ketones (excluding diaryl/α,β-unsaturated/α-hetero) is 2. The number of ketones is 2. The Bertz CT molecular complexity index is 1720. The molecule has 1 amide bonds. The number of amides is 1. The first-order valence-electron chi connectivity index (χ1n) is 12.7. The highest BCUT2D eigenvalue weighted by Crippen LogP contribution is 2.53. The molecular formula is C29H23F5N2O7. The zero-order valence-electron chi connectivity index (χ0n) is 22.4. The number of carbonyl (C=O) groups excluding carboxylic acids is 3. The second kappa shape index (κ2) is 10.0. The summed E-state index contributed by atoms with van der Waals surface area (Å²) < 4.78 is 69.4. The Morgan fingerprint density at radius 3 is 2.12 bits per heavy atom. The van der Waals surface area contributed by atoms with E-state index in [0.29, 0.717) is 6.08 Å². The molecule has 0 aliphatic heterocycles. The van der Waals surface area contributed by atoms with Gasteiger partial charge in [0.05, 0.1) is 17.2 Å². The minimum atomic E-state index is -2.84. The van der Waals surface area contributed by atoms with E-state index < -0.39 is 104 Å². The van der Waals surface area contributed by atoms with Gasteiger partial charge in [-0.3, -0.25) is 19.3 Å². The Hall–Kier alpha value is -4.56. The van der Waals surface area contributed by atoms with Crippen molar-refractivity contribution >= 4 is 35.4 Å². The lowest BCUT2D eigenvalue weighted by molar-refractivity contribution is -0.153. The highest BCUT2D eigenvalue weighted by Gasteiger charge is 2.64. The van der Waals surface area contributed by atoms with Crippen molar-refractivity contribution in [2.75, 3.05) is 14.1 Å². The number of benzene rings is 2. The van der Waals surface area contributed by atoms with Crippen LogP contribution in [0.1, 0.15) is 28.7 Å². The zero-order valence-corrected chi connectivity index (χ0v) is 22.4. The SMILES string of the molecule is CN(C)[C@@H]1C(=O)C(C(N)=O)=C(O)[C@@]2(O)C(=O)C3=C(O)c4c(O)ccc(/C=C/c5c(F)c(F)c(F)c(F)c5F)c4C[C@@H]3C[C@H]12. The third-order valence-corrected chi connectivity index (χ3v) is 8.31. The lowest BCUT2D eigenvalue weighted by Crippen LogP contribution is -2.65. The second-order valence-corrected chi connectivity index (χ2v) is 10.8. The van der Waals surface area contributed by atoms with Crippen molar-refractivity contribution in [1.82, 2.24) is 4.90 Å². The Labute approximate surface area is 239 Å². The van der Waals surface area contributed by atoms with Crippen molar-refractivity contribution in [3.63, 3.8) is 0 Å². The predicted octanol–water partition coefficient (Wildman–Crippen LogP) is 2.83. The molecule has 5 rings (SSSR count). The van der Waals surface area contributed by atoms with E-state index in [1.807, 2.05) is 0 Å². The van der Waals surface area contributed by atoms with Gasteiger partial charge in [0.15, 0.2) is 34.7 Å². The van der Waals surface area contributed by atoms with E-state index in [0.717, 1.165) is 12.1 Å². The minimum absolute atomic E-state index is 0.0678. The first-order chi connectivity index (χ1) is 20.0. The number of fused-ring (bicyclic) bond motifs is 3. The van der Waals surface area contributed by atoms with E-state index >= 15 is 0 Å². The number of hydrogen-bond donors (Lipinski definition) is 5. The topological polar surface area (TPSA) is 161 Å². The summed E-state index contributed by atoms with van der Waals surface area (Å²) in [7, 11) is 2.88. The number of aliphatic hydroxyl groups is 3. The van der Waals surface area contributed by atoms with Gasteiger partial charge in [0.2, 0.25) is 11.6 Å². The first kappa shape index (κ1) is 29.9. The van der Waals surface area contributed by atoms with Crippen LogP contribution in [0, 0.1) is 40.9 Å². The van der Waals surface area contributed by atoms with E-state index in [4.69, 9.17) is 5.73 Å². The molecule has 2 aromatic rings. The van der Waals surface area contributed by atoms with Crippen LogP contribution < -0.4 is 5.73 Å². The molecule has 0 heterocycles. The van der Waals surface area contributed by atoms with Gasteiger partial charge < -0.3 is 26.2 Å². The molecular weight excluding hydrogens is 583 g/mol. The maximum Gasteiger partial charge on any atom is 0.255 e. The molecule has 1 saturated carbocycles. The molecule has 3 aliphatic carbocycles. The van der Waals surface area contributed by atoms with Crippen LogP contribution in [0.5, 0.6) is 5.75 Å². The highest BCUT2D eigenvalue weighted by atomic mass is 19.2. The van der Waals surface area contributed by atoms with Crippen molar-refractivity contribution in [3.05, 3.63) is 80.4 Å². The van der Waals surface area contributed by atoms with Crippen molar-refractivity contribution in [3.8, 4) is 5.75 Å². The molecule has 0 saturated heterocycles. The van der Waals surface area contributed by atoms with E-state index in [9.17, 15) is 56.8 Å². The van der Waals surface area contributed by atoms with Gasteiger partial charge in [-0.05, 0) is 56.1 Å². The molecule has 0 spiro atoms. The maximum atomic E-state index is 14.3. The van der Waals surface area contributed by atoms with Gasteiger partial charge in [0, 0.05) is 11.5 Å². The van der Waals surface area contributed by atoms with Crippen LogP contribution in [0.2, 0.25) is 0 Å². The molecule has 3 aliphatic rings. The van der Waals surface area contributed by atoms with Crippen molar-refractivity contribution < 1.29 is 56.8 Å². The lowest BCUT2D eigenvalue weighted by atomic mass is 9.57. The fraction of sp³-hybridized carbons (Fsp3) is 0.276. The fourth-order valence-electron chi connectivity index (χ4n) is 6.37. The summed E-state index contributed by atoms with van der Waals surface area (Å²) in [6.07, 6.45) is 1.23. The summed E-state index contributed by atoms with van der Waals surface area (Å²) >= 11 is 0. The summed E-state index contributed by atoms with van der Waals surface area (Å²) in [6.45, 7) is 0. The largest absolute Gasteiger partial charge is 0.508 e. The molecule has 0 unspecified atom stereocenters. The van der Waals surface area contributed by atoms with Crippen LogP contribution in [0.4, 0.5) is 22.0 Å². The Balaban J connectivity index is 1.68. The monoisotopic (exact) mass is 606 g/mol. The Morgan fingerprint density at radius 2 is 1.56 bits per heavy atom. The van der Waals surface area contributed by atoms with Gasteiger partial charge in [-0.15, -0.1) is 0 Å². The number of nitrogens with two attached hydrogens (primary N) is 1. The number of phenolic OH excluding ortho intramolecular Hbond substituents is 1. The molecule has 0 aromatic heterocycles. The number of phenols is 1. The van der Waals surface area contributed by atoms with Crippen LogP contribution in [-0.4, -0.2) is 68.5 Å². The van der Waals surface area contributed by atoms with Crippen LogP contribution >= 0.6 is 0 Å². The molecule has 0 bridgehead atoms. The summed E-state index contributed by atoms with van der Waals surface area (Å²) in [4.78, 5) is 40.4. The Morgan fingerprint density at radius 1 is 0.977 bits per heavy atom. The van der Waals surface area contributed by atoms with Gasteiger partial charge in [-0.2, -0.15) is 0 Å². The third kappa shape index (κ3) is 4.07. The summed E-state index contributed by atoms with van der Waals surface area (Å²) in [5.74, 6) is -19.3. The molecule has 1 fully saturated rings. The van der Waals surface area contributed by atoms with Crippen LogP contribution in [0.25, 0.3) is 17.9 Å². The summed E-state index contributed by atoms with van der Waals surface area (Å²) in [5, 5.41) is 44.3. The number of aromatic hydroxyl groups is 1. The van der Waals surface area contributed by atoms with Crippen molar-refractivity contribution in [2.24, 2.45) is 17.6 Å². The van der Waals surface area contributed by atoms with Crippen molar-refractivity contribution in [1.29, 1.82) is 0 Å². The third-order valence-electron chi connectivity index (χ3n) is 8.31. The standard InChI is InChI=1S/C29H23F5N2O7/c1-36(2)23-13-8-10-7-12-9(3-5-11-18(30)20(32)22(34)21(33)19(11)31)4-6-14(37)16(12)24(38)15(10)26(40)29(13,43)27(41)17(25(23)39)28(35)42/h3-6,10,13,23,37-38,41,43H,7-8H2,1-2H3,(H2,35,42)/b5-3+/t10-,13-,23+,29+/m1/s1. The second-order valence-electron chi connectivity index (χ2n) is 10.8. The minimum Gasteiger partial charge on any atom is -0.508 e. The van der Waals surface area contributed by atoms with Gasteiger partial charge >= 0.3 is 0 Å². The van der Waals surface area contributed by atoms with E-state index in [-0.39, 0.29) is 29.5 Å². The molecule has 226 valence electrons. The number of primary amides is 1. The van der Waals surface area contributed by atoms with E-state index in [1.165, 1.54) is 25.1 Å². The van der Waals surface area contributed by atoms with Crippen LogP contribution in [0.3, 0.4) is 0 Å². The molecule has 43 heavy (non-hydrogen) atoms. The first-order valence-corrected chi connectivity index (χ1v) is 12.7. The van der Waals surface area contributed by atoms with E-state index in [2.05, 4.69) is 0 Å². The lowest BCUT2D eigenvalue weighted by Gasteiger charge is -2.50. The molecule has 14 heteroatoms. The van der Waals surface area contributed by atoms with Crippen molar-refractivity contribution in [2.45, 2.75) is 24.5 Å². The number of hydrogen-bond acceptors (Lipinski definition) is 8.